The fraction of sp³-hybridized carbons (Fsp3) is 0.500. The number of benzene rings is 1. The van der Waals surface area contributed by atoms with Gasteiger partial charge in [-0.15, -0.1) is 11.3 Å². The lowest BCUT2D eigenvalue weighted by atomic mass is 10.0. The highest BCUT2D eigenvalue weighted by molar-refractivity contribution is 7.19. The van der Waals surface area contributed by atoms with Gasteiger partial charge in [-0.3, -0.25) is 0 Å². The van der Waals surface area contributed by atoms with Gasteiger partial charge >= 0.3 is 0 Å². The van der Waals surface area contributed by atoms with Gasteiger partial charge in [-0.2, -0.15) is 0 Å². The number of aryl methyl sites for hydroxylation is 1. The monoisotopic (exact) mass is 259 g/mol. The van der Waals surface area contributed by atoms with Gasteiger partial charge in [0.05, 0.1) is 0 Å². The Bertz CT molecular complexity index is 543. The first-order valence-electron chi connectivity index (χ1n) is 7.03. The van der Waals surface area contributed by atoms with Crippen LogP contribution in [0.15, 0.2) is 24.3 Å². The molecule has 3 rings (SSSR count). The van der Waals surface area contributed by atoms with Gasteiger partial charge in [-0.25, -0.2) is 0 Å². The molecule has 1 heterocycles. The highest BCUT2D eigenvalue weighted by Crippen LogP contribution is 2.41. The maximum atomic E-state index is 3.68. The summed E-state index contributed by atoms with van der Waals surface area (Å²) in [6.07, 6.45) is 3.87. The Morgan fingerprint density at radius 2 is 2.17 bits per heavy atom. The average Bonchev–Trinajstić information content (AvgIpc) is 2.67. The van der Waals surface area contributed by atoms with Crippen LogP contribution in [0.1, 0.15) is 43.2 Å². The minimum absolute atomic E-state index is 0.569. The molecule has 1 aliphatic rings. The molecule has 0 aliphatic heterocycles. The number of hydrogen-bond acceptors (Lipinski definition) is 2. The lowest BCUT2D eigenvalue weighted by Crippen LogP contribution is -2.21. The van der Waals surface area contributed by atoms with Gasteiger partial charge in [0.2, 0.25) is 0 Å². The van der Waals surface area contributed by atoms with Crippen molar-refractivity contribution in [1.82, 2.24) is 5.32 Å². The Balaban J connectivity index is 2.11. The van der Waals surface area contributed by atoms with E-state index in [0.29, 0.717) is 6.04 Å². The summed E-state index contributed by atoms with van der Waals surface area (Å²) in [5.74, 6) is 0.826. The van der Waals surface area contributed by atoms with E-state index in [1.807, 2.05) is 11.3 Å². The molecular formula is C16H21NS. The van der Waals surface area contributed by atoms with E-state index in [4.69, 9.17) is 0 Å². The van der Waals surface area contributed by atoms with E-state index in [1.54, 1.807) is 10.4 Å². The number of fused-ring (bicyclic) bond motifs is 3. The standard InChI is InChI=1S/C16H21NS/c1-3-17-14-10-11(2)8-9-13-12-6-4-5-7-15(12)18-16(13)14/h4-7,11,14,17H,3,8-10H2,1-2H3. The van der Waals surface area contributed by atoms with E-state index in [2.05, 4.69) is 43.4 Å². The lowest BCUT2D eigenvalue weighted by Gasteiger charge is -2.18. The molecule has 1 aromatic heterocycles. The van der Waals surface area contributed by atoms with Gasteiger partial charge < -0.3 is 5.32 Å². The van der Waals surface area contributed by atoms with E-state index >= 15 is 0 Å². The molecule has 1 nitrogen and oxygen atoms in total. The lowest BCUT2D eigenvalue weighted by molar-refractivity contribution is 0.418. The second-order valence-corrected chi connectivity index (χ2v) is 6.51. The zero-order chi connectivity index (χ0) is 12.5. The van der Waals surface area contributed by atoms with Crippen molar-refractivity contribution in [2.24, 2.45) is 5.92 Å². The van der Waals surface area contributed by atoms with Gasteiger partial charge in [0.25, 0.3) is 0 Å². The summed E-state index contributed by atoms with van der Waals surface area (Å²) in [6, 6.07) is 9.46. The second-order valence-electron chi connectivity index (χ2n) is 5.43. The highest BCUT2D eigenvalue weighted by Gasteiger charge is 2.25. The number of hydrogen-bond donors (Lipinski definition) is 1. The van der Waals surface area contributed by atoms with Crippen LogP contribution in [-0.4, -0.2) is 6.54 Å². The van der Waals surface area contributed by atoms with Crippen LogP contribution in [0.4, 0.5) is 0 Å². The molecule has 0 fully saturated rings. The summed E-state index contributed by atoms with van der Waals surface area (Å²) in [5.41, 5.74) is 1.62. The zero-order valence-corrected chi connectivity index (χ0v) is 12.0. The highest BCUT2D eigenvalue weighted by atomic mass is 32.1. The summed E-state index contributed by atoms with van der Waals surface area (Å²) < 4.78 is 1.46. The Kier molecular flexibility index (Phi) is 3.40. The molecule has 0 saturated carbocycles. The van der Waals surface area contributed by atoms with E-state index in [9.17, 15) is 0 Å². The van der Waals surface area contributed by atoms with Gasteiger partial charge in [0.15, 0.2) is 0 Å². The average molecular weight is 259 g/mol. The molecule has 0 saturated heterocycles. The van der Waals surface area contributed by atoms with Crippen LogP contribution in [0.3, 0.4) is 0 Å². The predicted molar refractivity (Wildman–Crippen MR) is 80.3 cm³/mol. The van der Waals surface area contributed by atoms with Crippen molar-refractivity contribution in [2.45, 2.75) is 39.2 Å². The number of thiophene rings is 1. The number of rotatable bonds is 2. The smallest absolute Gasteiger partial charge is 0.0420 e. The van der Waals surface area contributed by atoms with Crippen LogP contribution in [0, 0.1) is 5.92 Å². The maximum Gasteiger partial charge on any atom is 0.0420 e. The molecule has 1 aliphatic carbocycles. The topological polar surface area (TPSA) is 12.0 Å². The second kappa shape index (κ2) is 5.02. The van der Waals surface area contributed by atoms with Crippen LogP contribution in [0.25, 0.3) is 10.1 Å². The number of nitrogens with one attached hydrogen (secondary N) is 1. The molecule has 96 valence electrons. The molecule has 0 radical (unpaired) electrons. The van der Waals surface area contributed by atoms with Crippen LogP contribution >= 0.6 is 11.3 Å². The Morgan fingerprint density at radius 1 is 1.33 bits per heavy atom. The maximum absolute atomic E-state index is 3.68. The molecule has 2 aromatic rings. The summed E-state index contributed by atoms with van der Waals surface area (Å²) in [4.78, 5) is 1.60. The molecule has 2 atom stereocenters. The molecular weight excluding hydrogens is 238 g/mol. The molecule has 1 N–H and O–H groups in total. The molecule has 0 spiro atoms. The Hall–Kier alpha value is -0.860. The third-order valence-corrected chi connectivity index (χ3v) is 5.35. The van der Waals surface area contributed by atoms with Crippen molar-refractivity contribution < 1.29 is 0 Å². The van der Waals surface area contributed by atoms with E-state index in [-0.39, 0.29) is 0 Å². The zero-order valence-electron chi connectivity index (χ0n) is 11.2. The Labute approximate surface area is 113 Å². The molecule has 2 unspecified atom stereocenters. The van der Waals surface area contributed by atoms with Crippen molar-refractivity contribution >= 4 is 21.4 Å². The fourth-order valence-corrected chi connectivity index (χ4v) is 4.44. The van der Waals surface area contributed by atoms with Crippen molar-refractivity contribution in [3.05, 3.63) is 34.7 Å². The van der Waals surface area contributed by atoms with Gasteiger partial charge in [-0.1, -0.05) is 32.0 Å². The van der Waals surface area contributed by atoms with E-state index in [0.717, 1.165) is 12.5 Å². The van der Waals surface area contributed by atoms with Gasteiger partial charge in [0.1, 0.15) is 0 Å². The van der Waals surface area contributed by atoms with Crippen LogP contribution < -0.4 is 5.32 Å². The summed E-state index contributed by atoms with van der Waals surface area (Å²) in [7, 11) is 0. The third-order valence-electron chi connectivity index (χ3n) is 4.02. The third kappa shape index (κ3) is 2.08. The normalized spacial score (nSPS) is 23.9. The summed E-state index contributed by atoms with van der Waals surface area (Å²) in [5, 5.41) is 5.18. The quantitative estimate of drug-likeness (QED) is 0.782. The van der Waals surface area contributed by atoms with Crippen molar-refractivity contribution in [3.8, 4) is 0 Å². The van der Waals surface area contributed by atoms with Crippen LogP contribution in [-0.2, 0) is 6.42 Å². The first kappa shape index (κ1) is 12.2. The van der Waals surface area contributed by atoms with Crippen molar-refractivity contribution in [3.63, 3.8) is 0 Å². The van der Waals surface area contributed by atoms with Crippen LogP contribution in [0.2, 0.25) is 0 Å². The predicted octanol–water partition coefficient (Wildman–Crippen LogP) is 4.52. The molecule has 0 bridgehead atoms. The SMILES string of the molecule is CCNC1CC(C)CCc2c1sc1ccccc21. The van der Waals surface area contributed by atoms with Crippen molar-refractivity contribution in [2.75, 3.05) is 6.54 Å². The molecule has 1 aromatic carbocycles. The van der Waals surface area contributed by atoms with E-state index < -0.39 is 0 Å². The first-order chi connectivity index (χ1) is 8.79. The summed E-state index contributed by atoms with van der Waals surface area (Å²) >= 11 is 2.00. The first-order valence-corrected chi connectivity index (χ1v) is 7.85. The van der Waals surface area contributed by atoms with Gasteiger partial charge in [-0.05, 0) is 48.7 Å². The van der Waals surface area contributed by atoms with E-state index in [1.165, 1.54) is 29.3 Å². The van der Waals surface area contributed by atoms with Crippen molar-refractivity contribution in [1.29, 1.82) is 0 Å². The summed E-state index contributed by atoms with van der Waals surface area (Å²) in [6.45, 7) is 5.66. The molecule has 18 heavy (non-hydrogen) atoms. The Morgan fingerprint density at radius 3 is 3.00 bits per heavy atom. The minimum Gasteiger partial charge on any atom is -0.310 e. The fourth-order valence-electron chi connectivity index (χ4n) is 3.10. The molecule has 0 amide bonds. The van der Waals surface area contributed by atoms with Crippen LogP contribution in [0.5, 0.6) is 0 Å². The molecule has 2 heteroatoms. The largest absolute Gasteiger partial charge is 0.310 e. The van der Waals surface area contributed by atoms with Gasteiger partial charge in [0, 0.05) is 15.6 Å². The minimum atomic E-state index is 0.569.